The minimum Gasteiger partial charge on any atom is -0.289 e. The highest BCUT2D eigenvalue weighted by Gasteiger charge is 2.22. The average Bonchev–Trinajstić information content (AvgIpc) is 2.71. The number of carbonyl (C=O) groups is 1. The molecule has 1 aliphatic rings. The first-order valence-electron chi connectivity index (χ1n) is 8.43. The zero-order chi connectivity index (χ0) is 20.3. The highest BCUT2D eigenvalue weighted by Crippen LogP contribution is 2.23. The van der Waals surface area contributed by atoms with Crippen LogP contribution in [0.2, 0.25) is 0 Å². The predicted molar refractivity (Wildman–Crippen MR) is 111 cm³/mol. The van der Waals surface area contributed by atoms with Gasteiger partial charge < -0.3 is 0 Å². The summed E-state index contributed by atoms with van der Waals surface area (Å²) in [6.07, 6.45) is 1.53. The van der Waals surface area contributed by atoms with E-state index in [1.165, 1.54) is 18.2 Å². The Morgan fingerprint density at radius 2 is 1.50 bits per heavy atom. The Morgan fingerprint density at radius 1 is 0.929 bits per heavy atom. The van der Waals surface area contributed by atoms with Gasteiger partial charge in [0.05, 0.1) is 15.6 Å². The monoisotopic (exact) mass is 412 g/mol. The van der Waals surface area contributed by atoms with Crippen LogP contribution in [-0.4, -0.2) is 25.7 Å². The fraction of sp³-hybridized carbons (Fsp3) is 0.0952. The molecule has 0 N–H and O–H groups in total. The number of allylic oxidation sites excluding steroid dienone is 4. The van der Waals surface area contributed by atoms with E-state index in [0.717, 1.165) is 0 Å². The van der Waals surface area contributed by atoms with E-state index in [1.807, 2.05) is 0 Å². The number of aliphatic imine (C=N–C) groups is 1. The molecule has 0 unspecified atom stereocenters. The first-order valence-corrected chi connectivity index (χ1v) is 10.3. The van der Waals surface area contributed by atoms with Gasteiger partial charge in [-0.1, -0.05) is 60.1 Å². The Balaban J connectivity index is 2.19. The summed E-state index contributed by atoms with van der Waals surface area (Å²) in [5, 5.41) is 0.177. The second kappa shape index (κ2) is 8.04. The summed E-state index contributed by atoms with van der Waals surface area (Å²) in [5.41, 5.74) is 1.64. The van der Waals surface area contributed by atoms with Gasteiger partial charge in [0.2, 0.25) is 0 Å². The molecular formula is C21H17ClN2O3S. The number of rotatable bonds is 3. The number of Topliss-reactive ketones (excluding diaryl/α,β-unsaturated/α-hetero) is 1. The minimum atomic E-state index is -3.98. The van der Waals surface area contributed by atoms with Crippen molar-refractivity contribution < 1.29 is 13.2 Å². The Kier molecular flexibility index (Phi) is 5.72. The molecule has 5 nitrogen and oxygen atoms in total. The van der Waals surface area contributed by atoms with Gasteiger partial charge >= 0.3 is 0 Å². The second-order valence-corrected chi connectivity index (χ2v) is 8.14. The van der Waals surface area contributed by atoms with Crippen molar-refractivity contribution in [3.63, 3.8) is 0 Å². The van der Waals surface area contributed by atoms with Gasteiger partial charge in [-0.15, -0.1) is 4.40 Å². The van der Waals surface area contributed by atoms with Crippen molar-refractivity contribution in [1.29, 1.82) is 0 Å². The molecule has 28 heavy (non-hydrogen) atoms. The molecule has 0 amide bonds. The number of amidine groups is 1. The number of halogens is 1. The lowest BCUT2D eigenvalue weighted by atomic mass is 9.97. The van der Waals surface area contributed by atoms with Crippen LogP contribution < -0.4 is 0 Å². The third-order valence-electron chi connectivity index (χ3n) is 4.11. The molecule has 0 atom stereocenters. The van der Waals surface area contributed by atoms with Gasteiger partial charge in [0, 0.05) is 11.1 Å². The van der Waals surface area contributed by atoms with E-state index < -0.39 is 10.0 Å². The fourth-order valence-electron chi connectivity index (χ4n) is 2.60. The van der Waals surface area contributed by atoms with Crippen LogP contribution in [0.1, 0.15) is 19.4 Å². The Labute approximate surface area is 168 Å². The van der Waals surface area contributed by atoms with Gasteiger partial charge in [0.25, 0.3) is 10.0 Å². The van der Waals surface area contributed by atoms with E-state index in [4.69, 9.17) is 11.6 Å². The van der Waals surface area contributed by atoms with Crippen LogP contribution in [-0.2, 0) is 14.8 Å². The number of nitrogens with zero attached hydrogens (tertiary/aromatic N) is 2. The number of hydrogen-bond donors (Lipinski definition) is 0. The third kappa shape index (κ3) is 4.18. The van der Waals surface area contributed by atoms with Crippen LogP contribution in [0.25, 0.3) is 0 Å². The Hall–Kier alpha value is -2.83. The standard InChI is InChI=1S/C21H17ClN2O3S/c1-14-13-18(19(22)15(2)20(14)25)23-21(16-9-5-3-6-10-16)24-28(26,27)17-11-7-4-8-12-17/h3-13H,1-2H3/b23-18?,24-21+. The molecule has 3 rings (SSSR count). The number of ketones is 1. The average molecular weight is 413 g/mol. The molecule has 0 fully saturated rings. The molecular weight excluding hydrogens is 396 g/mol. The van der Waals surface area contributed by atoms with Gasteiger partial charge in [-0.3, -0.25) is 4.79 Å². The number of sulfonamides is 1. The van der Waals surface area contributed by atoms with Crippen LogP contribution in [0, 0.1) is 0 Å². The topological polar surface area (TPSA) is 75.9 Å². The van der Waals surface area contributed by atoms with E-state index in [1.54, 1.807) is 62.4 Å². The Bertz CT molecular complexity index is 1150. The number of hydrogen-bond acceptors (Lipinski definition) is 3. The molecule has 7 heteroatoms. The molecule has 1 aliphatic carbocycles. The van der Waals surface area contributed by atoms with Crippen LogP contribution >= 0.6 is 11.6 Å². The summed E-state index contributed by atoms with van der Waals surface area (Å²) in [7, 11) is -3.98. The van der Waals surface area contributed by atoms with Gasteiger partial charge in [-0.25, -0.2) is 4.99 Å². The molecule has 142 valence electrons. The maximum atomic E-state index is 12.7. The van der Waals surface area contributed by atoms with E-state index in [9.17, 15) is 13.2 Å². The fourth-order valence-corrected chi connectivity index (χ4v) is 3.76. The van der Waals surface area contributed by atoms with Crippen molar-refractivity contribution in [2.24, 2.45) is 9.39 Å². The molecule has 0 heterocycles. The van der Waals surface area contributed by atoms with Crippen molar-refractivity contribution >= 4 is 39.0 Å². The zero-order valence-corrected chi connectivity index (χ0v) is 16.8. The second-order valence-electron chi connectivity index (χ2n) is 6.16. The summed E-state index contributed by atoms with van der Waals surface area (Å²) < 4.78 is 29.4. The van der Waals surface area contributed by atoms with Crippen LogP contribution in [0.5, 0.6) is 0 Å². The maximum Gasteiger partial charge on any atom is 0.284 e. The lowest BCUT2D eigenvalue weighted by Crippen LogP contribution is -2.16. The van der Waals surface area contributed by atoms with Gasteiger partial charge in [0.15, 0.2) is 11.6 Å². The summed E-state index contributed by atoms with van der Waals surface area (Å²) in [5.74, 6) is -0.178. The summed E-state index contributed by atoms with van der Waals surface area (Å²) in [6, 6.07) is 16.6. The highest BCUT2D eigenvalue weighted by molar-refractivity contribution is 7.90. The van der Waals surface area contributed by atoms with Gasteiger partial charge in [-0.2, -0.15) is 8.42 Å². The number of carbonyl (C=O) groups excluding carboxylic acids is 1. The SMILES string of the molecule is CC1=CC(=N/C(=N/S(=O)(=O)c2ccccc2)c2ccccc2)C(Cl)=C(C)C1=O. The summed E-state index contributed by atoms with van der Waals surface area (Å²) in [4.78, 5) is 16.5. The zero-order valence-electron chi connectivity index (χ0n) is 15.3. The first kappa shape index (κ1) is 19.9. The summed E-state index contributed by atoms with van der Waals surface area (Å²) in [6.45, 7) is 3.27. The van der Waals surface area contributed by atoms with E-state index in [2.05, 4.69) is 9.39 Å². The lowest BCUT2D eigenvalue weighted by molar-refractivity contribution is -0.112. The first-order chi connectivity index (χ1) is 13.3. The van der Waals surface area contributed by atoms with Crippen LogP contribution in [0.4, 0.5) is 0 Å². The summed E-state index contributed by atoms with van der Waals surface area (Å²) >= 11 is 6.29. The van der Waals surface area contributed by atoms with Gasteiger partial charge in [0.1, 0.15) is 0 Å². The minimum absolute atomic E-state index is 0.0104. The normalized spacial score (nSPS) is 17.1. The quantitative estimate of drug-likeness (QED) is 0.428. The van der Waals surface area contributed by atoms with Crippen molar-refractivity contribution in [2.45, 2.75) is 18.7 Å². The van der Waals surface area contributed by atoms with E-state index >= 15 is 0 Å². The molecule has 2 aromatic carbocycles. The van der Waals surface area contributed by atoms with Crippen molar-refractivity contribution in [1.82, 2.24) is 0 Å². The van der Waals surface area contributed by atoms with Crippen LogP contribution in [0.3, 0.4) is 0 Å². The predicted octanol–water partition coefficient (Wildman–Crippen LogP) is 4.30. The molecule has 0 radical (unpaired) electrons. The largest absolute Gasteiger partial charge is 0.289 e. The molecule has 0 aliphatic heterocycles. The van der Waals surface area contributed by atoms with E-state index in [-0.39, 0.29) is 21.5 Å². The molecule has 2 aromatic rings. The molecule has 0 saturated heterocycles. The molecule has 0 aromatic heterocycles. The third-order valence-corrected chi connectivity index (χ3v) is 5.87. The highest BCUT2D eigenvalue weighted by atomic mass is 35.5. The van der Waals surface area contributed by atoms with Crippen molar-refractivity contribution in [3.05, 3.63) is 88.5 Å². The number of benzene rings is 2. The Morgan fingerprint density at radius 3 is 2.11 bits per heavy atom. The molecule has 0 bridgehead atoms. The van der Waals surface area contributed by atoms with Gasteiger partial charge in [-0.05, 0) is 37.6 Å². The van der Waals surface area contributed by atoms with Crippen LogP contribution in [0.15, 0.2) is 97.2 Å². The van der Waals surface area contributed by atoms with Crippen molar-refractivity contribution in [2.75, 3.05) is 0 Å². The smallest absolute Gasteiger partial charge is 0.284 e. The molecule has 0 spiro atoms. The lowest BCUT2D eigenvalue weighted by Gasteiger charge is -2.13. The maximum absolute atomic E-state index is 12.7. The molecule has 0 saturated carbocycles. The van der Waals surface area contributed by atoms with E-state index in [0.29, 0.717) is 22.4 Å². The van der Waals surface area contributed by atoms with Crippen molar-refractivity contribution in [3.8, 4) is 0 Å².